The Morgan fingerprint density at radius 1 is 0.444 bits per heavy atom. The minimum Gasteiger partial charge on any atom is -0.356 e. The molecular weight excluding hydrogens is 353 g/mol. The van der Waals surface area contributed by atoms with Crippen molar-refractivity contribution in [1.29, 1.82) is 0 Å². The van der Waals surface area contributed by atoms with Gasteiger partial charge in [-0.2, -0.15) is 0 Å². The molecule has 18 heavy (non-hydrogen) atoms. The smallest absolute Gasteiger partial charge is 0.356 e. The Hall–Kier alpha value is -1.32. The predicted octanol–water partition coefficient (Wildman–Crippen LogP) is -1.34. The van der Waals surface area contributed by atoms with Crippen LogP contribution in [-0.2, 0) is 19.5 Å². The van der Waals surface area contributed by atoms with Crippen LogP contribution in [-0.4, -0.2) is 58.1 Å². The molecule has 0 amide bonds. The van der Waals surface area contributed by atoms with Gasteiger partial charge in [0.1, 0.15) is 0 Å². The largest absolute Gasteiger partial charge is 2.00 e. The standard InChI is InChI=1S/Ca.4NO3.Zn/c;4*2-1(3)4;/q+2;4*-1;+2. The third kappa shape index (κ3) is 1590. The van der Waals surface area contributed by atoms with Crippen molar-refractivity contribution in [2.24, 2.45) is 0 Å². The molecule has 16 nitrogen and oxygen atoms in total. The number of hydrogen-bond acceptors (Lipinski definition) is 12. The van der Waals surface area contributed by atoms with Crippen LogP contribution in [0.1, 0.15) is 0 Å². The summed E-state index contributed by atoms with van der Waals surface area (Å²) in [7, 11) is 0. The zero-order valence-electron chi connectivity index (χ0n) is 8.10. The van der Waals surface area contributed by atoms with Crippen molar-refractivity contribution >= 4 is 37.7 Å². The van der Waals surface area contributed by atoms with Crippen molar-refractivity contribution in [2.45, 2.75) is 0 Å². The number of hydrogen-bond donors (Lipinski definition) is 0. The van der Waals surface area contributed by atoms with Crippen molar-refractivity contribution in [3.05, 3.63) is 61.3 Å². The average molecular weight is 353 g/mol. The normalized spacial score (nSPS) is 5.33. The van der Waals surface area contributed by atoms with Gasteiger partial charge in [0.15, 0.2) is 0 Å². The zero-order chi connectivity index (χ0) is 14.3. The molecule has 96 valence electrons. The van der Waals surface area contributed by atoms with Crippen LogP contribution >= 0.6 is 0 Å². The summed E-state index contributed by atoms with van der Waals surface area (Å²) >= 11 is 0. The van der Waals surface area contributed by atoms with Crippen LogP contribution in [0.3, 0.4) is 0 Å². The molecule has 0 aliphatic heterocycles. The van der Waals surface area contributed by atoms with Gasteiger partial charge in [-0.3, -0.25) is 0 Å². The van der Waals surface area contributed by atoms with E-state index in [1.165, 1.54) is 0 Å². The molecule has 0 aliphatic carbocycles. The van der Waals surface area contributed by atoms with Crippen LogP contribution in [0, 0.1) is 61.3 Å². The summed E-state index contributed by atoms with van der Waals surface area (Å²) in [5, 5.41) is 59.0. The molecule has 0 rings (SSSR count). The Morgan fingerprint density at radius 3 is 0.444 bits per heavy atom. The maximum Gasteiger partial charge on any atom is 2.00 e. The Kier molecular flexibility index (Phi) is 59.2. The summed E-state index contributed by atoms with van der Waals surface area (Å²) < 4.78 is 0. The van der Waals surface area contributed by atoms with E-state index in [9.17, 15) is 0 Å². The molecular formula is CaN4O12Zn. The van der Waals surface area contributed by atoms with Crippen LogP contribution in [0.4, 0.5) is 0 Å². The Balaban J connectivity index is -0.0000000257. The quantitative estimate of drug-likeness (QED) is 0.278. The topological polar surface area (TPSA) is 265 Å². The zero-order valence-corrected chi connectivity index (χ0v) is 13.3. The Labute approximate surface area is 138 Å². The van der Waals surface area contributed by atoms with Gasteiger partial charge in [0.2, 0.25) is 0 Å². The van der Waals surface area contributed by atoms with Gasteiger partial charge in [-0.05, 0) is 0 Å². The molecule has 0 aromatic heterocycles. The first kappa shape index (κ1) is 36.0. The predicted molar refractivity (Wildman–Crippen MR) is 47.2 cm³/mol. The van der Waals surface area contributed by atoms with Crippen LogP contribution in [0.2, 0.25) is 0 Å². The fraction of sp³-hybridized carbons (Fsp3) is 0. The third-order valence-electron chi connectivity index (χ3n) is 0. The number of rotatable bonds is 0. The Bertz CT molecular complexity index is 164. The van der Waals surface area contributed by atoms with Gasteiger partial charge in [0.25, 0.3) is 0 Å². The minimum atomic E-state index is -1.75. The van der Waals surface area contributed by atoms with E-state index in [0.29, 0.717) is 0 Å². The Morgan fingerprint density at radius 2 is 0.444 bits per heavy atom. The molecule has 0 saturated carbocycles. The first-order chi connectivity index (χ1) is 6.93. The van der Waals surface area contributed by atoms with Gasteiger partial charge in [-0.25, -0.2) is 0 Å². The maximum atomic E-state index is 8.25. The molecule has 0 aromatic carbocycles. The second-order valence-electron chi connectivity index (χ2n) is 0.894. The summed E-state index contributed by atoms with van der Waals surface area (Å²) in [6.45, 7) is 0. The molecule has 0 heterocycles. The summed E-state index contributed by atoms with van der Waals surface area (Å²) in [5.74, 6) is 0. The summed E-state index contributed by atoms with van der Waals surface area (Å²) in [6, 6.07) is 0. The third-order valence-corrected chi connectivity index (χ3v) is 0. The van der Waals surface area contributed by atoms with Crippen molar-refractivity contribution in [3.8, 4) is 0 Å². The van der Waals surface area contributed by atoms with Gasteiger partial charge >= 0.3 is 57.2 Å². The molecule has 0 atom stereocenters. The van der Waals surface area contributed by atoms with Gasteiger partial charge in [-0.15, -0.1) is 0 Å². The average Bonchev–Trinajstić information content (AvgIpc) is 1.76. The second kappa shape index (κ2) is 29.6. The van der Waals surface area contributed by atoms with E-state index in [4.69, 9.17) is 61.3 Å². The fourth-order valence-electron chi connectivity index (χ4n) is 0. The molecule has 0 spiro atoms. The maximum absolute atomic E-state index is 8.25. The van der Waals surface area contributed by atoms with Crippen LogP contribution in [0.25, 0.3) is 0 Å². The van der Waals surface area contributed by atoms with E-state index in [-0.39, 0.29) is 57.2 Å². The van der Waals surface area contributed by atoms with E-state index in [1.807, 2.05) is 0 Å². The molecule has 0 aliphatic rings. The van der Waals surface area contributed by atoms with E-state index in [0.717, 1.165) is 0 Å². The van der Waals surface area contributed by atoms with E-state index < -0.39 is 20.3 Å². The molecule has 18 heteroatoms. The van der Waals surface area contributed by atoms with Crippen molar-refractivity contribution in [1.82, 2.24) is 0 Å². The molecule has 0 aromatic rings. The summed E-state index contributed by atoms with van der Waals surface area (Å²) in [6.07, 6.45) is 0. The van der Waals surface area contributed by atoms with Gasteiger partial charge in [-0.1, -0.05) is 0 Å². The van der Waals surface area contributed by atoms with Crippen LogP contribution < -0.4 is 0 Å². The first-order valence-electron chi connectivity index (χ1n) is 2.19. The molecule has 0 unspecified atom stereocenters. The van der Waals surface area contributed by atoms with Crippen molar-refractivity contribution in [2.75, 3.05) is 0 Å². The second-order valence-corrected chi connectivity index (χ2v) is 0.894. The molecule has 0 N–H and O–H groups in total. The van der Waals surface area contributed by atoms with Gasteiger partial charge in [0.05, 0.1) is 20.3 Å². The molecule has 0 bridgehead atoms. The van der Waals surface area contributed by atoms with Gasteiger partial charge in [0, 0.05) is 0 Å². The van der Waals surface area contributed by atoms with E-state index in [2.05, 4.69) is 0 Å². The fourth-order valence-corrected chi connectivity index (χ4v) is 0. The first-order valence-corrected chi connectivity index (χ1v) is 2.19. The van der Waals surface area contributed by atoms with Crippen LogP contribution in [0.5, 0.6) is 0 Å². The van der Waals surface area contributed by atoms with Gasteiger partial charge < -0.3 is 61.3 Å². The molecule has 0 radical (unpaired) electrons. The summed E-state index contributed by atoms with van der Waals surface area (Å²) in [5.41, 5.74) is 0. The summed E-state index contributed by atoms with van der Waals surface area (Å²) in [4.78, 5) is 33.0. The number of nitrogens with zero attached hydrogens (tertiary/aromatic N) is 4. The van der Waals surface area contributed by atoms with Crippen molar-refractivity contribution < 1.29 is 39.8 Å². The molecule has 0 fully saturated rings. The van der Waals surface area contributed by atoms with Crippen LogP contribution in [0.15, 0.2) is 0 Å². The SMILES string of the molecule is O=[N+]([O-])[O-].O=[N+]([O-])[O-].O=[N+]([O-])[O-].O=[N+]([O-])[O-].[Ca+2].[Zn+2]. The van der Waals surface area contributed by atoms with E-state index in [1.54, 1.807) is 0 Å². The van der Waals surface area contributed by atoms with Crippen molar-refractivity contribution in [3.63, 3.8) is 0 Å². The monoisotopic (exact) mass is 352 g/mol. The van der Waals surface area contributed by atoms with E-state index >= 15 is 0 Å². The molecule has 0 saturated heterocycles. The minimum absolute atomic E-state index is 0.